The zero-order valence-electron chi connectivity index (χ0n) is 11.8. The first kappa shape index (κ1) is 14.6. The molecule has 1 aliphatic heterocycles. The quantitative estimate of drug-likeness (QED) is 0.852. The Balaban J connectivity index is 1.79. The number of amides is 1. The van der Waals surface area contributed by atoms with Crippen molar-refractivity contribution in [3.8, 4) is 17.3 Å². The summed E-state index contributed by atoms with van der Waals surface area (Å²) in [6, 6.07) is 11.0. The number of hydrogen-bond acceptors (Lipinski definition) is 4. The fourth-order valence-electron chi connectivity index (χ4n) is 2.58. The first-order valence-corrected chi connectivity index (χ1v) is 7.46. The summed E-state index contributed by atoms with van der Waals surface area (Å²) in [6.45, 7) is 1.09. The van der Waals surface area contributed by atoms with E-state index in [-0.39, 0.29) is 17.6 Å². The topological polar surface area (TPSA) is 70.1 Å². The van der Waals surface area contributed by atoms with Crippen molar-refractivity contribution in [2.45, 2.75) is 12.8 Å². The molecule has 22 heavy (non-hydrogen) atoms. The van der Waals surface area contributed by atoms with E-state index in [9.17, 15) is 4.79 Å². The Morgan fingerprint density at radius 2 is 2.32 bits per heavy atom. The van der Waals surface area contributed by atoms with E-state index in [0.29, 0.717) is 23.8 Å². The zero-order valence-corrected chi connectivity index (χ0v) is 12.6. The normalized spacial score (nSPS) is 18.0. The lowest BCUT2D eigenvalue weighted by atomic mass is 9.99. The molecule has 1 aromatic carbocycles. The standard InChI is InChI=1S/C16H14ClN3O2/c17-13-5-1-4-12(7-13)14-8-15(22-19-14)16(21)20-6-2-3-11(9-18)10-20/h1,4-5,7-8,11H,2-3,6,10H2/t11-/m0/s1. The molecule has 6 heteroatoms. The molecule has 112 valence electrons. The van der Waals surface area contributed by atoms with Crippen LogP contribution in [0.5, 0.6) is 0 Å². The van der Waals surface area contributed by atoms with Crippen LogP contribution in [0.4, 0.5) is 0 Å². The van der Waals surface area contributed by atoms with Gasteiger partial charge in [-0.1, -0.05) is 28.9 Å². The van der Waals surface area contributed by atoms with Crippen molar-refractivity contribution >= 4 is 17.5 Å². The number of benzene rings is 1. The van der Waals surface area contributed by atoms with Crippen molar-refractivity contribution in [1.29, 1.82) is 5.26 Å². The van der Waals surface area contributed by atoms with E-state index < -0.39 is 0 Å². The van der Waals surface area contributed by atoms with Crippen molar-refractivity contribution in [2.24, 2.45) is 5.92 Å². The van der Waals surface area contributed by atoms with E-state index in [1.165, 1.54) is 0 Å². The van der Waals surface area contributed by atoms with Gasteiger partial charge in [0.05, 0.1) is 12.0 Å². The van der Waals surface area contributed by atoms with E-state index in [2.05, 4.69) is 11.2 Å². The van der Waals surface area contributed by atoms with E-state index in [0.717, 1.165) is 18.4 Å². The summed E-state index contributed by atoms with van der Waals surface area (Å²) < 4.78 is 5.18. The van der Waals surface area contributed by atoms with Crippen LogP contribution >= 0.6 is 11.6 Å². The van der Waals surface area contributed by atoms with Gasteiger partial charge >= 0.3 is 0 Å². The van der Waals surface area contributed by atoms with Crippen molar-refractivity contribution in [2.75, 3.05) is 13.1 Å². The van der Waals surface area contributed by atoms with Crippen LogP contribution in [0, 0.1) is 17.2 Å². The minimum Gasteiger partial charge on any atom is -0.350 e. The number of hydrogen-bond donors (Lipinski definition) is 0. The molecule has 1 amide bonds. The highest BCUT2D eigenvalue weighted by Gasteiger charge is 2.26. The van der Waals surface area contributed by atoms with Gasteiger partial charge in [0.2, 0.25) is 5.76 Å². The highest BCUT2D eigenvalue weighted by molar-refractivity contribution is 6.30. The summed E-state index contributed by atoms with van der Waals surface area (Å²) in [4.78, 5) is 14.1. The second-order valence-electron chi connectivity index (χ2n) is 5.31. The molecular formula is C16H14ClN3O2. The predicted molar refractivity (Wildman–Crippen MR) is 81.2 cm³/mol. The van der Waals surface area contributed by atoms with Crippen LogP contribution in [0.3, 0.4) is 0 Å². The first-order chi connectivity index (χ1) is 10.7. The van der Waals surface area contributed by atoms with Crippen molar-refractivity contribution < 1.29 is 9.32 Å². The minimum atomic E-state index is -0.222. The zero-order chi connectivity index (χ0) is 15.5. The average Bonchev–Trinajstić information content (AvgIpc) is 3.04. The van der Waals surface area contributed by atoms with Gasteiger partial charge in [-0.25, -0.2) is 0 Å². The van der Waals surface area contributed by atoms with Gasteiger partial charge in [-0.05, 0) is 25.0 Å². The lowest BCUT2D eigenvalue weighted by Gasteiger charge is -2.28. The molecule has 0 saturated carbocycles. The third kappa shape index (κ3) is 2.97. The molecule has 0 aliphatic carbocycles. The third-order valence-electron chi connectivity index (χ3n) is 3.73. The van der Waals surface area contributed by atoms with Gasteiger partial charge in [0, 0.05) is 29.7 Å². The molecule has 2 aromatic rings. The maximum Gasteiger partial charge on any atom is 0.292 e. The number of nitrogens with zero attached hydrogens (tertiary/aromatic N) is 3. The number of carbonyl (C=O) groups is 1. The van der Waals surface area contributed by atoms with Gasteiger partial charge in [-0.2, -0.15) is 5.26 Å². The molecule has 1 aromatic heterocycles. The highest BCUT2D eigenvalue weighted by atomic mass is 35.5. The molecular weight excluding hydrogens is 302 g/mol. The predicted octanol–water partition coefficient (Wildman–Crippen LogP) is 3.37. The number of piperidine rings is 1. The Bertz CT molecular complexity index is 735. The Morgan fingerprint density at radius 1 is 1.45 bits per heavy atom. The number of halogens is 1. The highest BCUT2D eigenvalue weighted by Crippen LogP contribution is 2.24. The van der Waals surface area contributed by atoms with Crippen molar-refractivity contribution in [1.82, 2.24) is 10.1 Å². The number of carbonyl (C=O) groups excluding carboxylic acids is 1. The molecule has 5 nitrogen and oxygen atoms in total. The number of rotatable bonds is 2. The Hall–Kier alpha value is -2.32. The van der Waals surface area contributed by atoms with Crippen LogP contribution in [-0.4, -0.2) is 29.1 Å². The molecule has 1 aliphatic rings. The van der Waals surface area contributed by atoms with Gasteiger partial charge in [0.15, 0.2) is 0 Å². The molecule has 1 atom stereocenters. The van der Waals surface area contributed by atoms with Crippen LogP contribution in [-0.2, 0) is 0 Å². The fourth-order valence-corrected chi connectivity index (χ4v) is 2.77. The SMILES string of the molecule is N#C[C@@H]1CCCN(C(=O)c2cc(-c3cccc(Cl)c3)no2)C1. The number of aromatic nitrogens is 1. The molecule has 3 rings (SSSR count). The fraction of sp³-hybridized carbons (Fsp3) is 0.312. The molecule has 0 spiro atoms. The third-order valence-corrected chi connectivity index (χ3v) is 3.97. The molecule has 0 bridgehead atoms. The molecule has 0 unspecified atom stereocenters. The summed E-state index contributed by atoms with van der Waals surface area (Å²) in [5, 5.41) is 13.5. The molecule has 0 radical (unpaired) electrons. The van der Waals surface area contributed by atoms with Crippen LogP contribution in [0.2, 0.25) is 5.02 Å². The Morgan fingerprint density at radius 3 is 3.09 bits per heavy atom. The van der Waals surface area contributed by atoms with E-state index in [1.807, 2.05) is 12.1 Å². The lowest BCUT2D eigenvalue weighted by molar-refractivity contribution is 0.0657. The van der Waals surface area contributed by atoms with Crippen LogP contribution in [0.15, 0.2) is 34.9 Å². The molecule has 2 heterocycles. The molecule has 1 saturated heterocycles. The summed E-state index contributed by atoms with van der Waals surface area (Å²) in [5.74, 6) is -0.137. The summed E-state index contributed by atoms with van der Waals surface area (Å²) in [6.07, 6.45) is 1.67. The van der Waals surface area contributed by atoms with Gasteiger partial charge in [0.1, 0.15) is 5.69 Å². The first-order valence-electron chi connectivity index (χ1n) is 7.09. The van der Waals surface area contributed by atoms with E-state index in [4.69, 9.17) is 21.4 Å². The second kappa shape index (κ2) is 6.20. The van der Waals surface area contributed by atoms with Crippen LogP contribution in [0.1, 0.15) is 23.4 Å². The monoisotopic (exact) mass is 315 g/mol. The summed E-state index contributed by atoms with van der Waals surface area (Å²) in [7, 11) is 0. The molecule has 0 N–H and O–H groups in total. The minimum absolute atomic E-state index is 0.104. The number of likely N-dealkylation sites (tertiary alicyclic amines) is 1. The summed E-state index contributed by atoms with van der Waals surface area (Å²) >= 11 is 5.95. The maximum absolute atomic E-state index is 12.4. The maximum atomic E-state index is 12.4. The van der Waals surface area contributed by atoms with Crippen molar-refractivity contribution in [3.63, 3.8) is 0 Å². The van der Waals surface area contributed by atoms with Gasteiger partial charge in [-0.15, -0.1) is 0 Å². The molecule has 1 fully saturated rings. The van der Waals surface area contributed by atoms with E-state index in [1.54, 1.807) is 23.1 Å². The van der Waals surface area contributed by atoms with Crippen molar-refractivity contribution in [3.05, 3.63) is 41.1 Å². The average molecular weight is 316 g/mol. The lowest BCUT2D eigenvalue weighted by Crippen LogP contribution is -2.39. The smallest absolute Gasteiger partial charge is 0.292 e. The Kier molecular flexibility index (Phi) is 4.12. The van der Waals surface area contributed by atoms with Gasteiger partial charge < -0.3 is 9.42 Å². The summed E-state index contributed by atoms with van der Waals surface area (Å²) in [5.41, 5.74) is 1.36. The van der Waals surface area contributed by atoms with Gasteiger partial charge in [-0.3, -0.25) is 4.79 Å². The largest absolute Gasteiger partial charge is 0.350 e. The second-order valence-corrected chi connectivity index (χ2v) is 5.74. The van der Waals surface area contributed by atoms with Crippen LogP contribution in [0.25, 0.3) is 11.3 Å². The van der Waals surface area contributed by atoms with E-state index >= 15 is 0 Å². The van der Waals surface area contributed by atoms with Crippen LogP contribution < -0.4 is 0 Å². The van der Waals surface area contributed by atoms with Gasteiger partial charge in [0.25, 0.3) is 5.91 Å². The number of nitriles is 1. The Labute approximate surface area is 133 Å².